The van der Waals surface area contributed by atoms with Gasteiger partial charge in [0, 0.05) is 12.1 Å². The highest BCUT2D eigenvalue weighted by Crippen LogP contribution is 2.31. The number of aromatic nitrogens is 2. The van der Waals surface area contributed by atoms with E-state index in [2.05, 4.69) is 16.0 Å². The van der Waals surface area contributed by atoms with Gasteiger partial charge < -0.3 is 24.6 Å². The lowest BCUT2D eigenvalue weighted by atomic mass is 10.0. The molecule has 1 atom stereocenters. The number of urea groups is 1. The Morgan fingerprint density at radius 2 is 1.86 bits per heavy atom. The van der Waals surface area contributed by atoms with E-state index in [1.54, 1.807) is 11.8 Å². The molecule has 2 N–H and O–H groups in total. The highest BCUT2D eigenvalue weighted by Gasteiger charge is 2.32. The summed E-state index contributed by atoms with van der Waals surface area (Å²) in [6, 6.07) is 20.3. The Hall–Kier alpha value is -4.33. The molecule has 5 rings (SSSR count). The number of aromatic amines is 1. The van der Waals surface area contributed by atoms with Crippen LogP contribution in [0.15, 0.2) is 66.7 Å². The first kappa shape index (κ1) is 24.4. The van der Waals surface area contributed by atoms with Crippen molar-refractivity contribution in [1.29, 1.82) is 0 Å². The van der Waals surface area contributed by atoms with Crippen LogP contribution in [0.5, 0.6) is 5.75 Å². The second-order valence-corrected chi connectivity index (χ2v) is 9.31. The lowest BCUT2D eigenvalue weighted by Crippen LogP contribution is -2.50. The van der Waals surface area contributed by atoms with Crippen LogP contribution in [0, 0.1) is 6.92 Å². The number of aryl methyl sites for hydroxylation is 1. The summed E-state index contributed by atoms with van der Waals surface area (Å²) < 4.78 is 5.98. The third-order valence-electron chi connectivity index (χ3n) is 6.73. The van der Waals surface area contributed by atoms with E-state index in [1.165, 1.54) is 4.90 Å². The number of rotatable bonds is 6. The van der Waals surface area contributed by atoms with Gasteiger partial charge in [-0.15, -0.1) is 0 Å². The van der Waals surface area contributed by atoms with Crippen molar-refractivity contribution < 1.29 is 19.4 Å². The van der Waals surface area contributed by atoms with Crippen LogP contribution < -0.4 is 4.74 Å². The topological polar surface area (TPSA) is 98.8 Å². The molecule has 0 bridgehead atoms. The Kier molecular flexibility index (Phi) is 6.81. The summed E-state index contributed by atoms with van der Waals surface area (Å²) in [5.74, 6) is 0.589. The minimum absolute atomic E-state index is 0.221. The van der Waals surface area contributed by atoms with Gasteiger partial charge in [-0.1, -0.05) is 49.4 Å². The quantitative estimate of drug-likeness (QED) is 0.380. The number of imidazole rings is 1. The monoisotopic (exact) mass is 498 g/mol. The van der Waals surface area contributed by atoms with Gasteiger partial charge in [0.15, 0.2) is 0 Å². The third-order valence-corrected chi connectivity index (χ3v) is 6.73. The second kappa shape index (κ2) is 10.3. The molecule has 2 heterocycles. The number of carboxylic acid groups (broad SMARTS) is 1. The van der Waals surface area contributed by atoms with Crippen molar-refractivity contribution in [3.05, 3.63) is 83.7 Å². The molecule has 8 nitrogen and oxygen atoms in total. The van der Waals surface area contributed by atoms with Gasteiger partial charge in [-0.05, 0) is 54.3 Å². The molecule has 0 aliphatic carbocycles. The molecule has 8 heteroatoms. The summed E-state index contributed by atoms with van der Waals surface area (Å²) in [6.45, 7) is 4.96. The molecule has 2 amide bonds. The minimum atomic E-state index is -1.01. The Morgan fingerprint density at radius 3 is 2.62 bits per heavy atom. The highest BCUT2D eigenvalue weighted by atomic mass is 16.5. The summed E-state index contributed by atoms with van der Waals surface area (Å²) in [5, 5.41) is 9.88. The van der Waals surface area contributed by atoms with Crippen LogP contribution in [0.4, 0.5) is 4.79 Å². The van der Waals surface area contributed by atoms with Crippen molar-refractivity contribution >= 4 is 23.0 Å². The number of ether oxygens (including phenoxy) is 1. The van der Waals surface area contributed by atoms with Gasteiger partial charge in [-0.2, -0.15) is 0 Å². The first-order chi connectivity index (χ1) is 17.9. The smallest absolute Gasteiger partial charge is 0.326 e. The predicted molar refractivity (Wildman–Crippen MR) is 141 cm³/mol. The Labute approximate surface area is 215 Å². The maximum Gasteiger partial charge on any atom is 0.326 e. The molecule has 0 saturated heterocycles. The molecular formula is C29H30N4O4. The molecule has 0 saturated carbocycles. The SMILES string of the molecule is CCC(C(=O)O)N(Cc1ccccc1)C(=O)N1CCOc2ccc(-c3ccc4nc(C)[nH]c4c3)cc2C1. The number of hydrogen-bond acceptors (Lipinski definition) is 4. The molecule has 0 spiro atoms. The van der Waals surface area contributed by atoms with E-state index in [-0.39, 0.29) is 12.6 Å². The summed E-state index contributed by atoms with van der Waals surface area (Å²) in [5.41, 5.74) is 5.68. The van der Waals surface area contributed by atoms with Crippen LogP contribution in [-0.2, 0) is 17.9 Å². The van der Waals surface area contributed by atoms with Crippen molar-refractivity contribution in [2.45, 2.75) is 39.4 Å². The van der Waals surface area contributed by atoms with Gasteiger partial charge in [-0.25, -0.2) is 14.6 Å². The average molecular weight is 499 g/mol. The number of nitrogens with one attached hydrogen (secondary N) is 1. The van der Waals surface area contributed by atoms with Crippen LogP contribution in [0.25, 0.3) is 22.2 Å². The fourth-order valence-electron chi connectivity index (χ4n) is 4.86. The molecule has 3 aromatic carbocycles. The van der Waals surface area contributed by atoms with E-state index < -0.39 is 12.0 Å². The van der Waals surface area contributed by atoms with Crippen LogP contribution >= 0.6 is 0 Å². The molecule has 0 radical (unpaired) electrons. The van der Waals surface area contributed by atoms with Crippen LogP contribution in [0.3, 0.4) is 0 Å². The van der Waals surface area contributed by atoms with Gasteiger partial charge in [0.2, 0.25) is 0 Å². The van der Waals surface area contributed by atoms with Crippen molar-refractivity contribution in [3.63, 3.8) is 0 Å². The lowest BCUT2D eigenvalue weighted by Gasteiger charge is -2.33. The second-order valence-electron chi connectivity index (χ2n) is 9.31. The van der Waals surface area contributed by atoms with Gasteiger partial charge >= 0.3 is 12.0 Å². The predicted octanol–water partition coefficient (Wildman–Crippen LogP) is 5.22. The molecule has 4 aromatic rings. The summed E-state index contributed by atoms with van der Waals surface area (Å²) >= 11 is 0. The molecule has 1 aliphatic heterocycles. The van der Waals surface area contributed by atoms with E-state index in [4.69, 9.17) is 4.74 Å². The average Bonchev–Trinajstić information content (AvgIpc) is 3.14. The standard InChI is InChI=1S/C29H30N4O4/c1-3-26(28(34)35)33(17-20-7-5-4-6-8-20)29(36)32-13-14-37-27-12-10-21(15-23(27)18-32)22-9-11-24-25(16-22)31-19(2)30-24/h4-12,15-16,26H,3,13-14,17-18H2,1-2H3,(H,30,31)(H,34,35). The maximum absolute atomic E-state index is 13.8. The van der Waals surface area contributed by atoms with E-state index in [0.717, 1.165) is 44.9 Å². The molecule has 1 unspecified atom stereocenters. The largest absolute Gasteiger partial charge is 0.491 e. The number of hydrogen-bond donors (Lipinski definition) is 2. The zero-order valence-electron chi connectivity index (χ0n) is 21.0. The van der Waals surface area contributed by atoms with Crippen molar-refractivity contribution in [2.24, 2.45) is 0 Å². The van der Waals surface area contributed by atoms with Crippen molar-refractivity contribution in [3.8, 4) is 16.9 Å². The fraction of sp³-hybridized carbons (Fsp3) is 0.276. The molecule has 37 heavy (non-hydrogen) atoms. The first-order valence-corrected chi connectivity index (χ1v) is 12.5. The fourth-order valence-corrected chi connectivity index (χ4v) is 4.86. The first-order valence-electron chi connectivity index (χ1n) is 12.5. The van der Waals surface area contributed by atoms with Gasteiger partial charge in [0.05, 0.1) is 24.1 Å². The number of carboxylic acids is 1. The Balaban J connectivity index is 1.44. The minimum Gasteiger partial charge on any atom is -0.491 e. The van der Waals surface area contributed by atoms with Gasteiger partial charge in [0.1, 0.15) is 24.2 Å². The van der Waals surface area contributed by atoms with Gasteiger partial charge in [0.25, 0.3) is 0 Å². The van der Waals surface area contributed by atoms with Crippen LogP contribution in [0.2, 0.25) is 0 Å². The summed E-state index contributed by atoms with van der Waals surface area (Å²) in [7, 11) is 0. The van der Waals surface area contributed by atoms with E-state index >= 15 is 0 Å². The number of H-pyrrole nitrogens is 1. The number of carbonyl (C=O) groups is 2. The highest BCUT2D eigenvalue weighted by molar-refractivity contribution is 5.84. The van der Waals surface area contributed by atoms with Crippen LogP contribution in [-0.4, -0.2) is 56.1 Å². The molecule has 1 aromatic heterocycles. The van der Waals surface area contributed by atoms with Gasteiger partial charge in [-0.3, -0.25) is 0 Å². The summed E-state index contributed by atoms with van der Waals surface area (Å²) in [4.78, 5) is 36.8. The maximum atomic E-state index is 13.8. The molecule has 190 valence electrons. The summed E-state index contributed by atoms with van der Waals surface area (Å²) in [6.07, 6.45) is 0.314. The van der Waals surface area contributed by atoms with Crippen LogP contribution in [0.1, 0.15) is 30.3 Å². The zero-order chi connectivity index (χ0) is 25.9. The van der Waals surface area contributed by atoms with E-state index in [9.17, 15) is 14.7 Å². The molecule has 0 fully saturated rings. The Morgan fingerprint density at radius 1 is 1.11 bits per heavy atom. The Bertz CT molecular complexity index is 1430. The normalized spacial score (nSPS) is 13.9. The third kappa shape index (κ3) is 5.14. The number of fused-ring (bicyclic) bond motifs is 2. The number of amides is 2. The van der Waals surface area contributed by atoms with E-state index in [1.807, 2.05) is 67.6 Å². The zero-order valence-corrected chi connectivity index (χ0v) is 21.0. The number of carbonyl (C=O) groups excluding carboxylic acids is 1. The number of nitrogens with zero attached hydrogens (tertiary/aromatic N) is 3. The molecule has 1 aliphatic rings. The molecular weight excluding hydrogens is 468 g/mol. The number of aliphatic carboxylic acids is 1. The van der Waals surface area contributed by atoms with Crippen molar-refractivity contribution in [2.75, 3.05) is 13.2 Å². The van der Waals surface area contributed by atoms with Crippen molar-refractivity contribution in [1.82, 2.24) is 19.8 Å². The van der Waals surface area contributed by atoms with E-state index in [0.29, 0.717) is 26.1 Å². The number of benzene rings is 3. The lowest BCUT2D eigenvalue weighted by molar-refractivity contribution is -0.142.